The van der Waals surface area contributed by atoms with Gasteiger partial charge in [-0.1, -0.05) is 0 Å². The van der Waals surface area contributed by atoms with Gasteiger partial charge < -0.3 is 19.7 Å². The summed E-state index contributed by atoms with van der Waals surface area (Å²) in [5, 5.41) is 16.6. The molecule has 1 rings (SSSR count). The molecule has 0 bridgehead atoms. The van der Waals surface area contributed by atoms with Crippen molar-refractivity contribution in [3.05, 3.63) is 0 Å². The highest BCUT2D eigenvalue weighted by Gasteiger charge is 2.19. The normalized spacial score (nSPS) is 12.7. The van der Waals surface area contributed by atoms with E-state index >= 15 is 0 Å². The minimum Gasteiger partial charge on any atom is -0.481 e. The number of carboxylic acid groups (broad SMARTS) is 2. The Bertz CT molecular complexity index is 464. The predicted octanol–water partition coefficient (Wildman–Crippen LogP) is 0.416. The largest absolute Gasteiger partial charge is 0.481 e. The lowest BCUT2D eigenvalue weighted by Crippen LogP contribution is -2.12. The summed E-state index contributed by atoms with van der Waals surface area (Å²) >= 11 is 0. The number of hydrogen-bond donors (Lipinski definition) is 2. The maximum atomic E-state index is 11.0. The van der Waals surface area contributed by atoms with E-state index in [0.717, 1.165) is 0 Å². The summed E-state index contributed by atoms with van der Waals surface area (Å²) in [4.78, 5) is 62.2. The molecule has 24 heavy (non-hydrogen) atoms. The minimum absolute atomic E-state index is 0.108. The van der Waals surface area contributed by atoms with Gasteiger partial charge in [0.2, 0.25) is 0 Å². The van der Waals surface area contributed by atoms with E-state index in [4.69, 9.17) is 10.2 Å². The highest BCUT2D eigenvalue weighted by atomic mass is 16.6. The fraction of sp³-hybridized carbons (Fsp3) is 0.571. The molecule has 0 aliphatic carbocycles. The molecule has 10 heteroatoms. The molecule has 0 atom stereocenters. The highest BCUT2D eigenvalue weighted by Crippen LogP contribution is 2.04. The van der Waals surface area contributed by atoms with Crippen LogP contribution < -0.4 is 0 Å². The van der Waals surface area contributed by atoms with E-state index in [1.807, 2.05) is 0 Å². The van der Waals surface area contributed by atoms with Gasteiger partial charge in [-0.25, -0.2) is 0 Å². The number of cyclic esters (lactones) is 2. The average Bonchev–Trinajstić information content (AvgIpc) is 2.82. The Kier molecular flexibility index (Phi) is 10.4. The number of aliphatic carboxylic acids is 2. The lowest BCUT2D eigenvalue weighted by molar-refractivity contribution is -0.160. The highest BCUT2D eigenvalue weighted by molar-refractivity contribution is 5.92. The molecule has 1 fully saturated rings. The molecular weight excluding hydrogens is 328 g/mol. The van der Waals surface area contributed by atoms with Gasteiger partial charge in [0, 0.05) is 25.7 Å². The van der Waals surface area contributed by atoms with Crippen molar-refractivity contribution in [2.75, 3.05) is 0 Å². The molecule has 2 N–H and O–H groups in total. The van der Waals surface area contributed by atoms with Gasteiger partial charge in [-0.15, -0.1) is 0 Å². The molecule has 1 aliphatic heterocycles. The molecule has 10 nitrogen and oxygen atoms in total. The van der Waals surface area contributed by atoms with Crippen molar-refractivity contribution in [1.82, 2.24) is 0 Å². The van der Waals surface area contributed by atoms with Crippen LogP contribution >= 0.6 is 0 Å². The van der Waals surface area contributed by atoms with Gasteiger partial charge in [0.05, 0.1) is 12.8 Å². The van der Waals surface area contributed by atoms with Gasteiger partial charge >= 0.3 is 35.8 Å². The summed E-state index contributed by atoms with van der Waals surface area (Å²) in [7, 11) is 0. The Morgan fingerprint density at radius 1 is 0.792 bits per heavy atom. The zero-order valence-electron chi connectivity index (χ0n) is 12.8. The van der Waals surface area contributed by atoms with Crippen molar-refractivity contribution in [2.45, 2.75) is 51.4 Å². The third-order valence-electron chi connectivity index (χ3n) is 2.53. The van der Waals surface area contributed by atoms with Crippen LogP contribution in [0.15, 0.2) is 0 Å². The molecule has 1 aliphatic rings. The van der Waals surface area contributed by atoms with Crippen molar-refractivity contribution in [3.63, 3.8) is 0 Å². The molecule has 134 valence electrons. The van der Waals surface area contributed by atoms with Crippen LogP contribution in [0.3, 0.4) is 0 Å². The summed E-state index contributed by atoms with van der Waals surface area (Å²) in [6.45, 7) is 0. The van der Waals surface area contributed by atoms with Crippen LogP contribution in [0.2, 0.25) is 0 Å². The molecule has 0 aromatic heterocycles. The van der Waals surface area contributed by atoms with Crippen LogP contribution in [0.4, 0.5) is 0 Å². The van der Waals surface area contributed by atoms with Crippen LogP contribution in [0, 0.1) is 0 Å². The van der Waals surface area contributed by atoms with E-state index in [-0.39, 0.29) is 51.4 Å². The first kappa shape index (κ1) is 21.2. The number of hydrogen-bond acceptors (Lipinski definition) is 8. The summed E-state index contributed by atoms with van der Waals surface area (Å²) < 4.78 is 8.43. The monoisotopic (exact) mass is 346 g/mol. The smallest absolute Gasteiger partial charge is 0.314 e. The molecule has 0 radical (unpaired) electrons. The van der Waals surface area contributed by atoms with Gasteiger partial charge in [0.15, 0.2) is 0 Å². The quantitative estimate of drug-likeness (QED) is 0.465. The van der Waals surface area contributed by atoms with E-state index in [1.165, 1.54) is 0 Å². The first-order chi connectivity index (χ1) is 11.2. The van der Waals surface area contributed by atoms with Crippen molar-refractivity contribution >= 4 is 35.8 Å². The minimum atomic E-state index is -1.02. The topological polar surface area (TPSA) is 161 Å². The summed E-state index contributed by atoms with van der Waals surface area (Å²) in [6, 6.07) is 0. The maximum absolute atomic E-state index is 11.0. The van der Waals surface area contributed by atoms with Gasteiger partial charge in [0.25, 0.3) is 0 Å². The van der Waals surface area contributed by atoms with Crippen molar-refractivity contribution in [3.8, 4) is 0 Å². The fourth-order valence-electron chi connectivity index (χ4n) is 1.43. The summed E-state index contributed by atoms with van der Waals surface area (Å²) in [5.74, 6) is -4.41. The number of carboxylic acids is 2. The van der Waals surface area contributed by atoms with Crippen LogP contribution in [0.5, 0.6) is 0 Å². The Morgan fingerprint density at radius 3 is 1.42 bits per heavy atom. The Balaban J connectivity index is 0.000000620. The standard InChI is InChI=1S/C10H14O7.C4H4O3/c11-7(12)3-1-5-9(15)17-10(16)6-2-4-8(13)14;5-3-1-2-4(6)7-3/h1-6H2,(H,11,12)(H,13,14);1-2H2. The molecule has 0 amide bonds. The molecule has 1 saturated heterocycles. The van der Waals surface area contributed by atoms with Gasteiger partial charge in [0.1, 0.15) is 0 Å². The molecule has 0 saturated carbocycles. The maximum Gasteiger partial charge on any atom is 0.314 e. The molecule has 1 heterocycles. The Hall–Kier alpha value is -2.78. The Morgan fingerprint density at radius 2 is 1.17 bits per heavy atom. The number of carbonyl (C=O) groups excluding carboxylic acids is 4. The second-order valence-electron chi connectivity index (χ2n) is 4.69. The average molecular weight is 346 g/mol. The van der Waals surface area contributed by atoms with Crippen molar-refractivity contribution in [2.24, 2.45) is 0 Å². The van der Waals surface area contributed by atoms with Gasteiger partial charge in [-0.2, -0.15) is 0 Å². The van der Waals surface area contributed by atoms with Gasteiger partial charge in [-0.05, 0) is 12.8 Å². The van der Waals surface area contributed by atoms with Crippen LogP contribution in [-0.2, 0) is 38.2 Å². The summed E-state index contributed by atoms with van der Waals surface area (Å²) in [5.41, 5.74) is 0. The number of ether oxygens (including phenoxy) is 2. The fourth-order valence-corrected chi connectivity index (χ4v) is 1.43. The number of esters is 4. The second kappa shape index (κ2) is 11.7. The second-order valence-corrected chi connectivity index (χ2v) is 4.69. The first-order valence-corrected chi connectivity index (χ1v) is 7.11. The van der Waals surface area contributed by atoms with E-state index in [0.29, 0.717) is 0 Å². The van der Waals surface area contributed by atoms with Crippen molar-refractivity contribution in [1.29, 1.82) is 0 Å². The molecule has 0 spiro atoms. The number of carbonyl (C=O) groups is 6. The van der Waals surface area contributed by atoms with Gasteiger partial charge in [-0.3, -0.25) is 28.8 Å². The SMILES string of the molecule is O=C(O)CCCC(=O)OC(=O)CCCC(=O)O.O=C1CCC(=O)O1. The van der Waals surface area contributed by atoms with E-state index in [1.54, 1.807) is 0 Å². The van der Waals surface area contributed by atoms with E-state index < -0.39 is 35.8 Å². The number of rotatable bonds is 8. The predicted molar refractivity (Wildman–Crippen MR) is 74.4 cm³/mol. The lowest BCUT2D eigenvalue weighted by Gasteiger charge is -2.01. The van der Waals surface area contributed by atoms with Crippen LogP contribution in [0.25, 0.3) is 0 Å². The van der Waals surface area contributed by atoms with Crippen LogP contribution in [-0.4, -0.2) is 46.0 Å². The molecule has 0 unspecified atom stereocenters. The molecule has 0 aromatic rings. The van der Waals surface area contributed by atoms with E-state index in [2.05, 4.69) is 9.47 Å². The third kappa shape index (κ3) is 12.9. The first-order valence-electron chi connectivity index (χ1n) is 7.11. The Labute approximate surface area is 136 Å². The lowest BCUT2D eigenvalue weighted by atomic mass is 10.2. The van der Waals surface area contributed by atoms with E-state index in [9.17, 15) is 28.8 Å². The molecular formula is C14H18O10. The zero-order chi connectivity index (χ0) is 18.5. The molecule has 0 aromatic carbocycles. The summed E-state index contributed by atoms with van der Waals surface area (Å²) in [6.07, 6.45) is 0.128. The van der Waals surface area contributed by atoms with Crippen molar-refractivity contribution < 1.29 is 48.5 Å². The van der Waals surface area contributed by atoms with Crippen LogP contribution in [0.1, 0.15) is 51.4 Å². The third-order valence-corrected chi connectivity index (χ3v) is 2.53. The zero-order valence-corrected chi connectivity index (χ0v) is 12.8.